The lowest BCUT2D eigenvalue weighted by Gasteiger charge is -2.09. The summed E-state index contributed by atoms with van der Waals surface area (Å²) in [5, 5.41) is 14.2. The second-order valence-corrected chi connectivity index (χ2v) is 6.20. The summed E-state index contributed by atoms with van der Waals surface area (Å²) in [7, 11) is 0. The molecule has 0 amide bonds. The predicted octanol–water partition coefficient (Wildman–Crippen LogP) is 5.31. The molecule has 1 aliphatic rings. The van der Waals surface area contributed by atoms with Crippen molar-refractivity contribution in [3.05, 3.63) is 84.4 Å². The molecule has 2 nitrogen and oxygen atoms in total. The van der Waals surface area contributed by atoms with Crippen LogP contribution in [0.5, 0.6) is 5.75 Å². The molecule has 0 N–H and O–H groups in total. The van der Waals surface area contributed by atoms with E-state index in [1.807, 2.05) is 12.1 Å². The SMILES string of the molecule is [O-]c1ccccc1C=Nc1ccc2c3c(cccc13)-c1ccccc1-2. The minimum Gasteiger partial charge on any atom is -0.872 e. The molecule has 0 bridgehead atoms. The third-order valence-corrected chi connectivity index (χ3v) is 4.79. The maximum Gasteiger partial charge on any atom is 0.0708 e. The van der Waals surface area contributed by atoms with E-state index in [2.05, 4.69) is 53.5 Å². The van der Waals surface area contributed by atoms with E-state index in [1.54, 1.807) is 24.4 Å². The number of hydrogen-bond donors (Lipinski definition) is 0. The first-order valence-corrected chi connectivity index (χ1v) is 8.28. The fraction of sp³-hybridized carbons (Fsp3) is 0. The minimum atomic E-state index is -0.00964. The molecule has 0 saturated heterocycles. The first-order chi connectivity index (χ1) is 12.3. The van der Waals surface area contributed by atoms with Gasteiger partial charge in [-0.15, -0.1) is 5.75 Å². The highest BCUT2D eigenvalue weighted by Crippen LogP contribution is 2.48. The van der Waals surface area contributed by atoms with Crippen molar-refractivity contribution in [3.63, 3.8) is 0 Å². The van der Waals surface area contributed by atoms with Gasteiger partial charge in [-0.2, -0.15) is 0 Å². The predicted molar refractivity (Wildman–Crippen MR) is 102 cm³/mol. The lowest BCUT2D eigenvalue weighted by atomic mass is 10.0. The maximum absolute atomic E-state index is 11.9. The molecule has 118 valence electrons. The molecule has 0 unspecified atom stereocenters. The number of hydrogen-bond acceptors (Lipinski definition) is 2. The van der Waals surface area contributed by atoms with Crippen LogP contribution in [0.3, 0.4) is 0 Å². The normalized spacial score (nSPS) is 12.0. The topological polar surface area (TPSA) is 35.4 Å². The minimum absolute atomic E-state index is 0.00964. The number of nitrogens with zero attached hydrogens (tertiary/aromatic N) is 1. The molecule has 4 aromatic carbocycles. The van der Waals surface area contributed by atoms with Crippen molar-refractivity contribution < 1.29 is 5.11 Å². The van der Waals surface area contributed by atoms with Crippen LogP contribution < -0.4 is 5.11 Å². The number of rotatable bonds is 2. The van der Waals surface area contributed by atoms with Gasteiger partial charge in [0.1, 0.15) is 0 Å². The van der Waals surface area contributed by atoms with Gasteiger partial charge in [0.05, 0.1) is 5.69 Å². The lowest BCUT2D eigenvalue weighted by Crippen LogP contribution is -1.94. The Balaban J connectivity index is 1.71. The second-order valence-electron chi connectivity index (χ2n) is 6.20. The van der Waals surface area contributed by atoms with Gasteiger partial charge >= 0.3 is 0 Å². The first kappa shape index (κ1) is 14.0. The van der Waals surface area contributed by atoms with E-state index < -0.39 is 0 Å². The lowest BCUT2D eigenvalue weighted by molar-refractivity contribution is -0.268. The van der Waals surface area contributed by atoms with Crippen LogP contribution in [-0.4, -0.2) is 6.21 Å². The fourth-order valence-corrected chi connectivity index (χ4v) is 3.63. The molecule has 0 aromatic heterocycles. The van der Waals surface area contributed by atoms with Crippen molar-refractivity contribution >= 4 is 22.7 Å². The molecule has 5 rings (SSSR count). The highest BCUT2D eigenvalue weighted by molar-refractivity contribution is 6.18. The van der Waals surface area contributed by atoms with Gasteiger partial charge in [0.2, 0.25) is 0 Å². The Morgan fingerprint density at radius 2 is 1.32 bits per heavy atom. The van der Waals surface area contributed by atoms with Crippen LogP contribution in [0.2, 0.25) is 0 Å². The summed E-state index contributed by atoms with van der Waals surface area (Å²) >= 11 is 0. The summed E-state index contributed by atoms with van der Waals surface area (Å²) < 4.78 is 0. The van der Waals surface area contributed by atoms with Gasteiger partial charge in [-0.25, -0.2) is 0 Å². The second kappa shape index (κ2) is 5.32. The van der Waals surface area contributed by atoms with E-state index in [4.69, 9.17) is 0 Å². The Kier molecular flexibility index (Phi) is 2.98. The quantitative estimate of drug-likeness (QED) is 0.406. The molecule has 0 aliphatic heterocycles. The summed E-state index contributed by atoms with van der Waals surface area (Å²) in [4.78, 5) is 4.61. The van der Waals surface area contributed by atoms with Crippen LogP contribution in [0.15, 0.2) is 83.9 Å². The van der Waals surface area contributed by atoms with E-state index in [9.17, 15) is 5.11 Å². The van der Waals surface area contributed by atoms with Gasteiger partial charge in [0.25, 0.3) is 0 Å². The Labute approximate surface area is 145 Å². The molecule has 0 spiro atoms. The van der Waals surface area contributed by atoms with E-state index in [-0.39, 0.29) is 5.75 Å². The van der Waals surface area contributed by atoms with Crippen molar-refractivity contribution in [2.75, 3.05) is 0 Å². The number of para-hydroxylation sites is 1. The Bertz CT molecular complexity index is 1130. The summed E-state index contributed by atoms with van der Waals surface area (Å²) in [6, 6.07) is 26.0. The van der Waals surface area contributed by atoms with Gasteiger partial charge in [0, 0.05) is 11.6 Å². The monoisotopic (exact) mass is 320 g/mol. The molecule has 2 heteroatoms. The Hall–Kier alpha value is -3.39. The zero-order chi connectivity index (χ0) is 16.8. The van der Waals surface area contributed by atoms with Crippen LogP contribution in [0.25, 0.3) is 33.0 Å². The average Bonchev–Trinajstić information content (AvgIpc) is 2.98. The molecule has 0 heterocycles. The van der Waals surface area contributed by atoms with Gasteiger partial charge in [-0.05, 0) is 39.3 Å². The van der Waals surface area contributed by atoms with Crippen LogP contribution >= 0.6 is 0 Å². The van der Waals surface area contributed by atoms with E-state index >= 15 is 0 Å². The molecule has 0 fully saturated rings. The molecule has 0 saturated carbocycles. The third-order valence-electron chi connectivity index (χ3n) is 4.79. The summed E-state index contributed by atoms with van der Waals surface area (Å²) in [5.41, 5.74) is 6.54. The molecular formula is C23H14NO-. The van der Waals surface area contributed by atoms with Gasteiger partial charge < -0.3 is 5.11 Å². The van der Waals surface area contributed by atoms with Gasteiger partial charge in [-0.3, -0.25) is 4.99 Å². The van der Waals surface area contributed by atoms with Crippen LogP contribution in [0.4, 0.5) is 5.69 Å². The standard InChI is InChI=1S/C23H15NO/c25-22-11-4-1-6-15(22)14-24-21-13-12-19-17-8-3-2-7-16(17)18-9-5-10-20(21)23(18)19/h1-14,25H/p-1. The van der Waals surface area contributed by atoms with E-state index in [0.717, 1.165) is 11.1 Å². The third kappa shape index (κ3) is 2.08. The Morgan fingerprint density at radius 1 is 0.640 bits per heavy atom. The maximum atomic E-state index is 11.9. The number of benzene rings is 4. The molecular weight excluding hydrogens is 306 g/mol. The summed E-state index contributed by atoms with van der Waals surface area (Å²) in [5.74, 6) is -0.00964. The van der Waals surface area contributed by atoms with Crippen LogP contribution in [-0.2, 0) is 0 Å². The Morgan fingerprint density at radius 3 is 2.12 bits per heavy atom. The fourth-order valence-electron chi connectivity index (χ4n) is 3.63. The van der Waals surface area contributed by atoms with Crippen molar-refractivity contribution in [1.29, 1.82) is 0 Å². The van der Waals surface area contributed by atoms with Crippen molar-refractivity contribution in [2.45, 2.75) is 0 Å². The smallest absolute Gasteiger partial charge is 0.0708 e. The summed E-state index contributed by atoms with van der Waals surface area (Å²) in [6.45, 7) is 0. The van der Waals surface area contributed by atoms with Crippen molar-refractivity contribution in [2.24, 2.45) is 4.99 Å². The van der Waals surface area contributed by atoms with Crippen molar-refractivity contribution in [3.8, 4) is 28.0 Å². The zero-order valence-corrected chi connectivity index (χ0v) is 13.4. The van der Waals surface area contributed by atoms with Gasteiger partial charge in [-0.1, -0.05) is 72.8 Å². The molecule has 4 aromatic rings. The summed E-state index contributed by atoms with van der Waals surface area (Å²) in [6.07, 6.45) is 1.66. The van der Waals surface area contributed by atoms with Crippen LogP contribution in [0.1, 0.15) is 5.56 Å². The number of aliphatic imine (C=N–C) groups is 1. The average molecular weight is 320 g/mol. The molecule has 25 heavy (non-hydrogen) atoms. The molecule has 0 atom stereocenters. The highest BCUT2D eigenvalue weighted by Gasteiger charge is 2.21. The highest BCUT2D eigenvalue weighted by atomic mass is 16.3. The molecule has 1 aliphatic carbocycles. The number of fused-ring (bicyclic) bond motifs is 3. The van der Waals surface area contributed by atoms with Crippen LogP contribution in [0, 0.1) is 0 Å². The van der Waals surface area contributed by atoms with Gasteiger partial charge in [0.15, 0.2) is 0 Å². The van der Waals surface area contributed by atoms with Crippen molar-refractivity contribution in [1.82, 2.24) is 0 Å². The molecule has 0 radical (unpaired) electrons. The van der Waals surface area contributed by atoms with E-state index in [1.165, 1.54) is 27.6 Å². The zero-order valence-electron chi connectivity index (χ0n) is 13.4. The largest absolute Gasteiger partial charge is 0.872 e. The van der Waals surface area contributed by atoms with E-state index in [0.29, 0.717) is 5.56 Å². The first-order valence-electron chi connectivity index (χ1n) is 8.28.